The number of carbonyl (C=O) groups excluding carboxylic acids is 1. The van der Waals surface area contributed by atoms with Crippen LogP contribution in [-0.4, -0.2) is 53.6 Å². The van der Waals surface area contributed by atoms with Crippen molar-refractivity contribution in [3.63, 3.8) is 0 Å². The molecular formula is C28H30N4O2. The average Bonchev–Trinajstić information content (AvgIpc) is 3.26. The lowest BCUT2D eigenvalue weighted by molar-refractivity contribution is -0.111. The maximum Gasteiger partial charge on any atom is 0.247 e. The molecule has 0 spiro atoms. The van der Waals surface area contributed by atoms with E-state index in [1.807, 2.05) is 31.3 Å². The Balaban J connectivity index is 1.55. The van der Waals surface area contributed by atoms with Crippen LogP contribution in [0.1, 0.15) is 17.7 Å². The Labute approximate surface area is 200 Å². The Hall–Kier alpha value is -3.48. The van der Waals surface area contributed by atoms with Crippen LogP contribution in [0.4, 0.5) is 5.69 Å². The third-order valence-corrected chi connectivity index (χ3v) is 6.58. The molecule has 1 amide bonds. The second kappa shape index (κ2) is 9.79. The van der Waals surface area contributed by atoms with Crippen molar-refractivity contribution in [1.82, 2.24) is 14.9 Å². The predicted molar refractivity (Wildman–Crippen MR) is 138 cm³/mol. The highest BCUT2D eigenvalue weighted by molar-refractivity contribution is 6.03. The van der Waals surface area contributed by atoms with Gasteiger partial charge in [0.1, 0.15) is 5.65 Å². The molecule has 174 valence electrons. The minimum atomic E-state index is -0.218. The maximum atomic E-state index is 12.0. The van der Waals surface area contributed by atoms with E-state index in [1.165, 1.54) is 11.6 Å². The Morgan fingerprint density at radius 1 is 1.32 bits per heavy atom. The van der Waals surface area contributed by atoms with Crippen molar-refractivity contribution in [3.05, 3.63) is 78.7 Å². The van der Waals surface area contributed by atoms with Crippen LogP contribution in [0.5, 0.6) is 0 Å². The Kier molecular flexibility index (Phi) is 6.43. The van der Waals surface area contributed by atoms with Gasteiger partial charge in [-0.1, -0.05) is 36.9 Å². The lowest BCUT2D eigenvalue weighted by Gasteiger charge is -2.30. The fourth-order valence-electron chi connectivity index (χ4n) is 4.79. The first-order valence-electron chi connectivity index (χ1n) is 11.8. The van der Waals surface area contributed by atoms with Gasteiger partial charge in [-0.3, -0.25) is 9.69 Å². The van der Waals surface area contributed by atoms with Crippen molar-refractivity contribution in [1.29, 1.82) is 0 Å². The molecule has 1 fully saturated rings. The Morgan fingerprint density at radius 3 is 3.00 bits per heavy atom. The smallest absolute Gasteiger partial charge is 0.247 e. The summed E-state index contributed by atoms with van der Waals surface area (Å²) in [5, 5.41) is 4.00. The van der Waals surface area contributed by atoms with Crippen molar-refractivity contribution in [2.24, 2.45) is 5.92 Å². The number of benzene rings is 1. The summed E-state index contributed by atoms with van der Waals surface area (Å²) in [5.74, 6) is 0.232. The van der Waals surface area contributed by atoms with Crippen molar-refractivity contribution in [2.45, 2.75) is 13.3 Å². The van der Waals surface area contributed by atoms with Crippen LogP contribution >= 0.6 is 0 Å². The van der Waals surface area contributed by atoms with Gasteiger partial charge in [0.2, 0.25) is 5.91 Å². The number of carbonyl (C=O) groups is 1. The fourth-order valence-corrected chi connectivity index (χ4v) is 4.79. The topological polar surface area (TPSA) is 70.2 Å². The molecule has 1 unspecified atom stereocenters. The van der Waals surface area contributed by atoms with Gasteiger partial charge in [0.15, 0.2) is 0 Å². The van der Waals surface area contributed by atoms with Gasteiger partial charge in [0.25, 0.3) is 0 Å². The third-order valence-electron chi connectivity index (χ3n) is 6.58. The summed E-state index contributed by atoms with van der Waals surface area (Å²) in [5.41, 5.74) is 7.00. The quantitative estimate of drug-likeness (QED) is 0.517. The summed E-state index contributed by atoms with van der Waals surface area (Å²) >= 11 is 0. The second-order valence-electron chi connectivity index (χ2n) is 8.93. The van der Waals surface area contributed by atoms with E-state index in [0.717, 1.165) is 78.4 Å². The molecule has 1 aromatic carbocycles. The Bertz CT molecular complexity index is 1280. The molecule has 0 saturated carbocycles. The number of H-pyrrole nitrogens is 1. The summed E-state index contributed by atoms with van der Waals surface area (Å²) in [7, 11) is 0. The number of morpholine rings is 1. The summed E-state index contributed by atoms with van der Waals surface area (Å²) in [4.78, 5) is 22.6. The molecule has 34 heavy (non-hydrogen) atoms. The number of fused-ring (bicyclic) bond motifs is 1. The van der Waals surface area contributed by atoms with Crippen LogP contribution in [-0.2, 0) is 9.53 Å². The van der Waals surface area contributed by atoms with Crippen molar-refractivity contribution >= 4 is 28.2 Å². The first-order valence-corrected chi connectivity index (χ1v) is 11.8. The van der Waals surface area contributed by atoms with Crippen molar-refractivity contribution in [3.8, 4) is 11.1 Å². The molecule has 6 heteroatoms. The summed E-state index contributed by atoms with van der Waals surface area (Å²) in [6.45, 7) is 10.2. The molecule has 0 radical (unpaired) electrons. The molecule has 1 atom stereocenters. The number of rotatable bonds is 6. The number of amides is 1. The van der Waals surface area contributed by atoms with Crippen LogP contribution < -0.4 is 5.32 Å². The van der Waals surface area contributed by atoms with Gasteiger partial charge in [0.05, 0.1) is 18.9 Å². The minimum absolute atomic E-state index is 0.218. The number of nitrogens with zero attached hydrogens (tertiary/aromatic N) is 2. The van der Waals surface area contributed by atoms with E-state index in [9.17, 15) is 4.79 Å². The van der Waals surface area contributed by atoms with E-state index in [2.05, 4.69) is 57.1 Å². The lowest BCUT2D eigenvalue weighted by Crippen LogP contribution is -2.39. The Morgan fingerprint density at radius 2 is 2.18 bits per heavy atom. The lowest BCUT2D eigenvalue weighted by atomic mass is 9.90. The normalized spacial score (nSPS) is 18.6. The molecule has 2 aromatic heterocycles. The minimum Gasteiger partial charge on any atom is -0.379 e. The SMILES string of the molecule is C=CC(=O)Nc1cc(-c2c(C3=CC(CN4CCOCC4)CC=C3)[nH]c3ncccc23)ccc1C. The predicted octanol–water partition coefficient (Wildman–Crippen LogP) is 4.95. The molecule has 1 saturated heterocycles. The average molecular weight is 455 g/mol. The van der Waals surface area contributed by atoms with Crippen LogP contribution in [0.3, 0.4) is 0 Å². The van der Waals surface area contributed by atoms with E-state index in [1.54, 1.807) is 0 Å². The highest BCUT2D eigenvalue weighted by Gasteiger charge is 2.21. The van der Waals surface area contributed by atoms with Gasteiger partial charge in [-0.25, -0.2) is 4.98 Å². The van der Waals surface area contributed by atoms with Crippen LogP contribution in [0.25, 0.3) is 27.7 Å². The van der Waals surface area contributed by atoms with Gasteiger partial charge >= 0.3 is 0 Å². The largest absolute Gasteiger partial charge is 0.379 e. The highest BCUT2D eigenvalue weighted by atomic mass is 16.5. The van der Waals surface area contributed by atoms with Crippen LogP contribution in [0, 0.1) is 12.8 Å². The first-order chi connectivity index (χ1) is 16.6. The first kappa shape index (κ1) is 22.3. The molecular weight excluding hydrogens is 424 g/mol. The molecule has 3 aromatic rings. The molecule has 1 aliphatic carbocycles. The zero-order valence-corrected chi connectivity index (χ0v) is 19.5. The van der Waals surface area contributed by atoms with E-state index in [0.29, 0.717) is 5.92 Å². The number of nitrogens with one attached hydrogen (secondary N) is 2. The number of aromatic nitrogens is 2. The molecule has 2 aliphatic rings. The number of hydrogen-bond donors (Lipinski definition) is 2. The molecule has 1 aliphatic heterocycles. The van der Waals surface area contributed by atoms with Crippen LogP contribution in [0.2, 0.25) is 0 Å². The molecule has 3 heterocycles. The number of allylic oxidation sites excluding steroid dienone is 3. The molecule has 6 nitrogen and oxygen atoms in total. The number of ether oxygens (including phenoxy) is 1. The van der Waals surface area contributed by atoms with E-state index >= 15 is 0 Å². The number of aromatic amines is 1. The molecule has 5 rings (SSSR count). The molecule has 0 bridgehead atoms. The van der Waals surface area contributed by atoms with E-state index < -0.39 is 0 Å². The number of pyridine rings is 1. The monoisotopic (exact) mass is 454 g/mol. The second-order valence-corrected chi connectivity index (χ2v) is 8.93. The van der Waals surface area contributed by atoms with Gasteiger partial charge in [-0.15, -0.1) is 0 Å². The van der Waals surface area contributed by atoms with Gasteiger partial charge in [0, 0.05) is 42.5 Å². The zero-order valence-electron chi connectivity index (χ0n) is 19.5. The summed E-state index contributed by atoms with van der Waals surface area (Å²) < 4.78 is 5.51. The summed E-state index contributed by atoms with van der Waals surface area (Å²) in [6.07, 6.45) is 11.0. The summed E-state index contributed by atoms with van der Waals surface area (Å²) in [6, 6.07) is 10.2. The standard InChI is InChI=1S/C28H30N4O2/c1-3-25(33)30-24-17-21(10-9-19(24)2)26-23-8-5-11-29-28(23)31-27(26)22-7-4-6-20(16-22)18-32-12-14-34-15-13-32/h3-5,7-11,16-17,20H,1,6,12-15,18H2,2H3,(H,29,31)(H,30,33). The van der Waals surface area contributed by atoms with E-state index in [4.69, 9.17) is 4.74 Å². The van der Waals surface area contributed by atoms with Gasteiger partial charge in [-0.05, 0) is 60.2 Å². The van der Waals surface area contributed by atoms with Gasteiger partial charge in [-0.2, -0.15) is 0 Å². The number of hydrogen-bond acceptors (Lipinski definition) is 4. The number of anilines is 1. The zero-order chi connectivity index (χ0) is 23.5. The van der Waals surface area contributed by atoms with E-state index in [-0.39, 0.29) is 5.91 Å². The highest BCUT2D eigenvalue weighted by Crippen LogP contribution is 2.39. The number of aryl methyl sites for hydroxylation is 1. The fraction of sp³-hybridized carbons (Fsp3) is 0.286. The maximum absolute atomic E-state index is 12.0. The van der Waals surface area contributed by atoms with Crippen molar-refractivity contribution < 1.29 is 9.53 Å². The van der Waals surface area contributed by atoms with Crippen molar-refractivity contribution in [2.75, 3.05) is 38.2 Å². The van der Waals surface area contributed by atoms with Gasteiger partial charge < -0.3 is 15.0 Å². The third kappa shape index (κ3) is 4.60. The van der Waals surface area contributed by atoms with Crippen LogP contribution in [0.15, 0.2) is 67.4 Å². The molecule has 2 N–H and O–H groups in total.